The Hall–Kier alpha value is -1.40. The molecular formula is C16H24N2O3S. The number of amides is 1. The van der Waals surface area contributed by atoms with Crippen molar-refractivity contribution in [3.8, 4) is 0 Å². The van der Waals surface area contributed by atoms with E-state index in [0.717, 1.165) is 24.3 Å². The molecule has 122 valence electrons. The van der Waals surface area contributed by atoms with Crippen LogP contribution in [0.15, 0.2) is 6.07 Å². The summed E-state index contributed by atoms with van der Waals surface area (Å²) in [6.45, 7) is 8.27. The zero-order chi connectivity index (χ0) is 16.3. The predicted molar refractivity (Wildman–Crippen MR) is 87.6 cm³/mol. The van der Waals surface area contributed by atoms with Crippen LogP contribution >= 0.6 is 11.3 Å². The maximum absolute atomic E-state index is 12.5. The van der Waals surface area contributed by atoms with Crippen LogP contribution in [0.4, 0.5) is 0 Å². The van der Waals surface area contributed by atoms with E-state index in [4.69, 9.17) is 5.11 Å². The quantitative estimate of drug-likeness (QED) is 0.903. The zero-order valence-corrected chi connectivity index (χ0v) is 14.3. The fourth-order valence-electron chi connectivity index (χ4n) is 2.94. The summed E-state index contributed by atoms with van der Waals surface area (Å²) < 4.78 is 0. The minimum atomic E-state index is -0.787. The van der Waals surface area contributed by atoms with E-state index in [2.05, 4.69) is 0 Å². The van der Waals surface area contributed by atoms with Crippen LogP contribution in [0.2, 0.25) is 0 Å². The summed E-state index contributed by atoms with van der Waals surface area (Å²) in [7, 11) is 0. The molecule has 1 aromatic heterocycles. The number of carbonyl (C=O) groups is 2. The Labute approximate surface area is 135 Å². The standard InChI is InChI=1S/C16H24N2O3S/c1-4-17(10-15(19)20)13-5-7-18(8-6-13)16(21)14-9-11(2)12(3)22-14/h9,13H,4-8,10H2,1-3H3,(H,19,20). The van der Waals surface area contributed by atoms with E-state index in [1.54, 1.807) is 11.3 Å². The highest BCUT2D eigenvalue weighted by molar-refractivity contribution is 7.14. The van der Waals surface area contributed by atoms with Gasteiger partial charge in [-0.2, -0.15) is 0 Å². The highest BCUT2D eigenvalue weighted by Crippen LogP contribution is 2.24. The van der Waals surface area contributed by atoms with Gasteiger partial charge in [-0.05, 0) is 44.9 Å². The van der Waals surface area contributed by atoms with Gasteiger partial charge >= 0.3 is 5.97 Å². The van der Waals surface area contributed by atoms with Crippen LogP contribution in [0.5, 0.6) is 0 Å². The number of carboxylic acid groups (broad SMARTS) is 1. The fraction of sp³-hybridized carbons (Fsp3) is 0.625. The normalized spacial score (nSPS) is 16.3. The number of piperidine rings is 1. The van der Waals surface area contributed by atoms with Gasteiger partial charge in [0.15, 0.2) is 0 Å². The van der Waals surface area contributed by atoms with Crippen LogP contribution < -0.4 is 0 Å². The molecule has 1 N–H and O–H groups in total. The monoisotopic (exact) mass is 324 g/mol. The van der Waals surface area contributed by atoms with Gasteiger partial charge in [-0.3, -0.25) is 14.5 Å². The molecule has 2 rings (SSSR count). The SMILES string of the molecule is CCN(CC(=O)O)C1CCN(C(=O)c2cc(C)c(C)s2)CC1. The van der Waals surface area contributed by atoms with Gasteiger partial charge in [0.1, 0.15) is 0 Å². The molecule has 0 unspecified atom stereocenters. The average Bonchev–Trinajstić information content (AvgIpc) is 2.83. The number of aryl methyl sites for hydroxylation is 2. The molecular weight excluding hydrogens is 300 g/mol. The van der Waals surface area contributed by atoms with Crippen LogP contribution in [0.1, 0.15) is 39.9 Å². The molecule has 1 amide bonds. The lowest BCUT2D eigenvalue weighted by Gasteiger charge is -2.37. The first-order valence-electron chi connectivity index (χ1n) is 7.74. The Morgan fingerprint density at radius 3 is 2.45 bits per heavy atom. The topological polar surface area (TPSA) is 60.9 Å². The first-order valence-corrected chi connectivity index (χ1v) is 8.56. The molecule has 6 heteroatoms. The summed E-state index contributed by atoms with van der Waals surface area (Å²) in [5.74, 6) is -0.675. The number of likely N-dealkylation sites (N-methyl/N-ethyl adjacent to an activating group) is 1. The van der Waals surface area contributed by atoms with Gasteiger partial charge in [-0.15, -0.1) is 11.3 Å². The number of aliphatic carboxylic acids is 1. The Balaban J connectivity index is 1.93. The van der Waals surface area contributed by atoms with Crippen molar-refractivity contribution in [1.29, 1.82) is 0 Å². The molecule has 0 spiro atoms. The third kappa shape index (κ3) is 3.87. The molecule has 0 aliphatic carbocycles. The molecule has 0 atom stereocenters. The van der Waals surface area contributed by atoms with Crippen molar-refractivity contribution >= 4 is 23.2 Å². The van der Waals surface area contributed by atoms with Crippen LogP contribution in [-0.2, 0) is 4.79 Å². The van der Waals surface area contributed by atoms with E-state index in [9.17, 15) is 9.59 Å². The molecule has 2 heterocycles. The first kappa shape index (κ1) is 17.0. The molecule has 1 fully saturated rings. The third-order valence-corrected chi connectivity index (χ3v) is 5.53. The first-order chi connectivity index (χ1) is 10.4. The zero-order valence-electron chi connectivity index (χ0n) is 13.5. The predicted octanol–water partition coefficient (Wildman–Crippen LogP) is 2.38. The van der Waals surface area contributed by atoms with E-state index in [1.807, 2.05) is 36.6 Å². The van der Waals surface area contributed by atoms with Crippen LogP contribution in [0.3, 0.4) is 0 Å². The Morgan fingerprint density at radius 2 is 2.00 bits per heavy atom. The second-order valence-electron chi connectivity index (χ2n) is 5.83. The number of carbonyl (C=O) groups excluding carboxylic acids is 1. The van der Waals surface area contributed by atoms with Gasteiger partial charge in [0.2, 0.25) is 0 Å². The smallest absolute Gasteiger partial charge is 0.317 e. The molecule has 0 bridgehead atoms. The number of hydrogen-bond donors (Lipinski definition) is 1. The number of thiophene rings is 1. The van der Waals surface area contributed by atoms with Crippen LogP contribution in [0.25, 0.3) is 0 Å². The van der Waals surface area contributed by atoms with Crippen molar-refractivity contribution < 1.29 is 14.7 Å². The Bertz CT molecular complexity index is 528. The molecule has 0 saturated carbocycles. The van der Waals surface area contributed by atoms with Gasteiger partial charge in [0.25, 0.3) is 5.91 Å². The highest BCUT2D eigenvalue weighted by atomic mass is 32.1. The maximum atomic E-state index is 12.5. The molecule has 1 aromatic rings. The lowest BCUT2D eigenvalue weighted by molar-refractivity contribution is -0.139. The minimum absolute atomic E-state index is 0.0818. The third-order valence-electron chi connectivity index (χ3n) is 4.39. The number of hydrogen-bond acceptors (Lipinski definition) is 4. The summed E-state index contributed by atoms with van der Waals surface area (Å²) in [5, 5.41) is 8.96. The van der Waals surface area contributed by atoms with Crippen molar-refractivity contribution in [2.75, 3.05) is 26.2 Å². The number of carboxylic acids is 1. The maximum Gasteiger partial charge on any atom is 0.317 e. The average molecular weight is 324 g/mol. The second kappa shape index (κ2) is 7.24. The van der Waals surface area contributed by atoms with Crippen molar-refractivity contribution in [1.82, 2.24) is 9.80 Å². The molecule has 1 aliphatic rings. The molecule has 22 heavy (non-hydrogen) atoms. The van der Waals surface area contributed by atoms with Crippen molar-refractivity contribution in [3.63, 3.8) is 0 Å². The van der Waals surface area contributed by atoms with Gasteiger partial charge in [0, 0.05) is 24.0 Å². The molecule has 0 aromatic carbocycles. The van der Waals surface area contributed by atoms with Crippen LogP contribution in [-0.4, -0.2) is 59.0 Å². The van der Waals surface area contributed by atoms with E-state index in [0.29, 0.717) is 13.1 Å². The molecule has 1 saturated heterocycles. The van der Waals surface area contributed by atoms with Gasteiger partial charge < -0.3 is 10.0 Å². The minimum Gasteiger partial charge on any atom is -0.480 e. The van der Waals surface area contributed by atoms with Gasteiger partial charge in [-0.25, -0.2) is 0 Å². The van der Waals surface area contributed by atoms with Crippen molar-refractivity contribution in [3.05, 3.63) is 21.4 Å². The fourth-order valence-corrected chi connectivity index (χ4v) is 3.94. The van der Waals surface area contributed by atoms with Crippen molar-refractivity contribution in [2.24, 2.45) is 0 Å². The summed E-state index contributed by atoms with van der Waals surface area (Å²) in [6, 6.07) is 2.23. The number of nitrogens with zero attached hydrogens (tertiary/aromatic N) is 2. The van der Waals surface area contributed by atoms with E-state index in [1.165, 1.54) is 10.4 Å². The van der Waals surface area contributed by atoms with Crippen molar-refractivity contribution in [2.45, 2.75) is 39.7 Å². The molecule has 5 nitrogen and oxygen atoms in total. The van der Waals surface area contributed by atoms with E-state index in [-0.39, 0.29) is 18.5 Å². The van der Waals surface area contributed by atoms with Gasteiger partial charge in [0.05, 0.1) is 11.4 Å². The summed E-state index contributed by atoms with van der Waals surface area (Å²) >= 11 is 1.56. The lowest BCUT2D eigenvalue weighted by atomic mass is 10.0. The molecule has 1 aliphatic heterocycles. The van der Waals surface area contributed by atoms with E-state index >= 15 is 0 Å². The molecule has 0 radical (unpaired) electrons. The summed E-state index contributed by atoms with van der Waals surface area (Å²) in [4.78, 5) is 29.3. The summed E-state index contributed by atoms with van der Waals surface area (Å²) in [6.07, 6.45) is 1.69. The Kier molecular flexibility index (Phi) is 5.58. The summed E-state index contributed by atoms with van der Waals surface area (Å²) in [5.41, 5.74) is 1.17. The van der Waals surface area contributed by atoms with Gasteiger partial charge in [-0.1, -0.05) is 6.92 Å². The second-order valence-corrected chi connectivity index (χ2v) is 7.09. The lowest BCUT2D eigenvalue weighted by Crippen LogP contribution is -2.48. The van der Waals surface area contributed by atoms with E-state index < -0.39 is 5.97 Å². The highest BCUT2D eigenvalue weighted by Gasteiger charge is 2.28. The van der Waals surface area contributed by atoms with Crippen LogP contribution in [0, 0.1) is 13.8 Å². The number of rotatable bonds is 5. The number of likely N-dealkylation sites (tertiary alicyclic amines) is 1. The Morgan fingerprint density at radius 1 is 1.36 bits per heavy atom. The largest absolute Gasteiger partial charge is 0.480 e.